The van der Waals surface area contributed by atoms with Crippen molar-refractivity contribution in [2.24, 2.45) is 0 Å². The fraction of sp³-hybridized carbons (Fsp3) is 0.250. The van der Waals surface area contributed by atoms with Gasteiger partial charge in [-0.1, -0.05) is 48.4 Å². The standard InChI is InChI=1S/C20H22N2O/c1-3-13-21-15-18-9-11-19(12-10-18)20(23)22-16(2)14-17-7-5-4-6-8-17/h1,4-12,16,21H,13-15H2,2H3,(H,22,23). The van der Waals surface area contributed by atoms with E-state index in [0.29, 0.717) is 18.7 Å². The molecule has 1 amide bonds. The summed E-state index contributed by atoms with van der Waals surface area (Å²) in [5.41, 5.74) is 3.00. The van der Waals surface area contributed by atoms with Crippen LogP contribution in [0, 0.1) is 12.3 Å². The number of amides is 1. The van der Waals surface area contributed by atoms with Crippen molar-refractivity contribution < 1.29 is 4.79 Å². The molecule has 0 saturated carbocycles. The van der Waals surface area contributed by atoms with E-state index in [4.69, 9.17) is 6.42 Å². The molecule has 0 spiro atoms. The Morgan fingerprint density at radius 1 is 1.09 bits per heavy atom. The SMILES string of the molecule is C#CCNCc1ccc(C(=O)NC(C)Cc2ccccc2)cc1. The van der Waals surface area contributed by atoms with Gasteiger partial charge in [0.1, 0.15) is 0 Å². The Bertz CT molecular complexity index is 656. The predicted octanol–water partition coefficient (Wildman–Crippen LogP) is 2.77. The van der Waals surface area contributed by atoms with Gasteiger partial charge < -0.3 is 10.6 Å². The molecule has 0 fully saturated rings. The van der Waals surface area contributed by atoms with Gasteiger partial charge in [0.25, 0.3) is 5.91 Å². The first kappa shape index (κ1) is 16.8. The Morgan fingerprint density at radius 3 is 2.43 bits per heavy atom. The first-order valence-corrected chi connectivity index (χ1v) is 7.77. The van der Waals surface area contributed by atoms with E-state index in [1.807, 2.05) is 49.4 Å². The van der Waals surface area contributed by atoms with Gasteiger partial charge in [0.05, 0.1) is 6.54 Å². The lowest BCUT2D eigenvalue weighted by atomic mass is 10.1. The summed E-state index contributed by atoms with van der Waals surface area (Å²) in [6, 6.07) is 17.8. The number of rotatable bonds is 7. The second kappa shape index (κ2) is 8.77. The molecule has 0 heterocycles. The Hall–Kier alpha value is -2.57. The van der Waals surface area contributed by atoms with Crippen LogP contribution in [0.15, 0.2) is 54.6 Å². The molecule has 0 radical (unpaired) electrons. The minimum atomic E-state index is -0.0448. The third-order valence-electron chi connectivity index (χ3n) is 3.53. The molecule has 2 aromatic rings. The summed E-state index contributed by atoms with van der Waals surface area (Å²) >= 11 is 0. The molecule has 0 saturated heterocycles. The van der Waals surface area contributed by atoms with Gasteiger partial charge in [0, 0.05) is 18.2 Å². The van der Waals surface area contributed by atoms with Crippen molar-refractivity contribution >= 4 is 5.91 Å². The summed E-state index contributed by atoms with van der Waals surface area (Å²) in [4.78, 5) is 12.3. The average molecular weight is 306 g/mol. The first-order valence-electron chi connectivity index (χ1n) is 7.77. The molecule has 0 bridgehead atoms. The van der Waals surface area contributed by atoms with E-state index in [1.54, 1.807) is 0 Å². The van der Waals surface area contributed by atoms with Gasteiger partial charge in [0.2, 0.25) is 0 Å². The fourth-order valence-corrected chi connectivity index (χ4v) is 2.38. The Morgan fingerprint density at radius 2 is 1.78 bits per heavy atom. The zero-order chi connectivity index (χ0) is 16.5. The normalized spacial score (nSPS) is 11.5. The second-order valence-electron chi connectivity index (χ2n) is 5.57. The number of benzene rings is 2. The van der Waals surface area contributed by atoms with Crippen LogP contribution in [0.5, 0.6) is 0 Å². The van der Waals surface area contributed by atoms with E-state index in [-0.39, 0.29) is 11.9 Å². The number of nitrogens with one attached hydrogen (secondary N) is 2. The van der Waals surface area contributed by atoms with E-state index in [2.05, 4.69) is 28.7 Å². The number of carbonyl (C=O) groups is 1. The minimum Gasteiger partial charge on any atom is -0.349 e. The van der Waals surface area contributed by atoms with E-state index in [9.17, 15) is 4.79 Å². The van der Waals surface area contributed by atoms with E-state index < -0.39 is 0 Å². The molecular formula is C20H22N2O. The van der Waals surface area contributed by atoms with Gasteiger partial charge in [-0.2, -0.15) is 0 Å². The zero-order valence-corrected chi connectivity index (χ0v) is 13.4. The summed E-state index contributed by atoms with van der Waals surface area (Å²) in [5, 5.41) is 6.16. The molecule has 0 aromatic heterocycles. The van der Waals surface area contributed by atoms with Gasteiger partial charge in [-0.25, -0.2) is 0 Å². The molecule has 3 nitrogen and oxygen atoms in total. The Labute approximate surface area is 138 Å². The maximum Gasteiger partial charge on any atom is 0.251 e. The lowest BCUT2D eigenvalue weighted by Gasteiger charge is -2.14. The van der Waals surface area contributed by atoms with Crippen molar-refractivity contribution in [1.82, 2.24) is 10.6 Å². The van der Waals surface area contributed by atoms with Crippen LogP contribution in [-0.4, -0.2) is 18.5 Å². The summed E-state index contributed by atoms with van der Waals surface area (Å²) in [6.45, 7) is 3.26. The molecule has 2 aromatic carbocycles. The molecule has 0 aliphatic carbocycles. The summed E-state index contributed by atoms with van der Waals surface area (Å²) in [7, 11) is 0. The van der Waals surface area contributed by atoms with Gasteiger partial charge in [-0.05, 0) is 36.6 Å². The van der Waals surface area contributed by atoms with Crippen LogP contribution >= 0.6 is 0 Å². The number of carbonyl (C=O) groups excluding carboxylic acids is 1. The van der Waals surface area contributed by atoms with Crippen molar-refractivity contribution in [2.45, 2.75) is 25.9 Å². The largest absolute Gasteiger partial charge is 0.349 e. The Balaban J connectivity index is 1.86. The number of hydrogen-bond donors (Lipinski definition) is 2. The molecule has 1 atom stereocenters. The first-order chi connectivity index (χ1) is 11.2. The van der Waals surface area contributed by atoms with Crippen LogP contribution in [0.4, 0.5) is 0 Å². The quantitative estimate of drug-likeness (QED) is 0.610. The molecule has 118 valence electrons. The lowest BCUT2D eigenvalue weighted by molar-refractivity contribution is 0.0940. The van der Waals surface area contributed by atoms with Crippen LogP contribution in [0.2, 0.25) is 0 Å². The third-order valence-corrected chi connectivity index (χ3v) is 3.53. The summed E-state index contributed by atoms with van der Waals surface area (Å²) in [6.07, 6.45) is 6.01. The third kappa shape index (κ3) is 5.61. The summed E-state index contributed by atoms with van der Waals surface area (Å²) in [5.74, 6) is 2.49. The fourth-order valence-electron chi connectivity index (χ4n) is 2.38. The van der Waals surface area contributed by atoms with Crippen molar-refractivity contribution in [3.63, 3.8) is 0 Å². The van der Waals surface area contributed by atoms with Crippen molar-refractivity contribution in [3.05, 3.63) is 71.3 Å². The van der Waals surface area contributed by atoms with E-state index in [1.165, 1.54) is 5.56 Å². The number of terminal acetylenes is 1. The second-order valence-corrected chi connectivity index (χ2v) is 5.57. The highest BCUT2D eigenvalue weighted by molar-refractivity contribution is 5.94. The minimum absolute atomic E-state index is 0.0448. The van der Waals surface area contributed by atoms with Gasteiger partial charge in [-0.15, -0.1) is 6.42 Å². The lowest BCUT2D eigenvalue weighted by Crippen LogP contribution is -2.34. The molecule has 2 rings (SSSR count). The van der Waals surface area contributed by atoms with Gasteiger partial charge >= 0.3 is 0 Å². The smallest absolute Gasteiger partial charge is 0.251 e. The Kier molecular flexibility index (Phi) is 6.40. The average Bonchev–Trinajstić information content (AvgIpc) is 2.56. The van der Waals surface area contributed by atoms with Crippen molar-refractivity contribution in [3.8, 4) is 12.3 Å². The summed E-state index contributed by atoms with van der Waals surface area (Å²) < 4.78 is 0. The highest BCUT2D eigenvalue weighted by Gasteiger charge is 2.10. The molecular weight excluding hydrogens is 284 g/mol. The molecule has 2 N–H and O–H groups in total. The van der Waals surface area contributed by atoms with Gasteiger partial charge in [-0.3, -0.25) is 4.79 Å². The zero-order valence-electron chi connectivity index (χ0n) is 13.4. The van der Waals surface area contributed by atoms with E-state index in [0.717, 1.165) is 12.0 Å². The van der Waals surface area contributed by atoms with Crippen LogP contribution in [0.1, 0.15) is 28.4 Å². The molecule has 3 heteroatoms. The molecule has 23 heavy (non-hydrogen) atoms. The van der Waals surface area contributed by atoms with E-state index >= 15 is 0 Å². The topological polar surface area (TPSA) is 41.1 Å². The predicted molar refractivity (Wildman–Crippen MR) is 94.1 cm³/mol. The van der Waals surface area contributed by atoms with Crippen molar-refractivity contribution in [1.29, 1.82) is 0 Å². The monoisotopic (exact) mass is 306 g/mol. The van der Waals surface area contributed by atoms with Crippen LogP contribution < -0.4 is 10.6 Å². The highest BCUT2D eigenvalue weighted by Crippen LogP contribution is 2.07. The van der Waals surface area contributed by atoms with Crippen LogP contribution in [-0.2, 0) is 13.0 Å². The van der Waals surface area contributed by atoms with Crippen molar-refractivity contribution in [2.75, 3.05) is 6.54 Å². The maximum atomic E-state index is 12.3. The number of hydrogen-bond acceptors (Lipinski definition) is 2. The maximum absolute atomic E-state index is 12.3. The van der Waals surface area contributed by atoms with Crippen LogP contribution in [0.3, 0.4) is 0 Å². The van der Waals surface area contributed by atoms with Gasteiger partial charge in [0.15, 0.2) is 0 Å². The molecule has 1 unspecified atom stereocenters. The molecule has 0 aliphatic heterocycles. The van der Waals surface area contributed by atoms with Crippen LogP contribution in [0.25, 0.3) is 0 Å². The molecule has 0 aliphatic rings. The highest BCUT2D eigenvalue weighted by atomic mass is 16.1.